The van der Waals surface area contributed by atoms with E-state index in [2.05, 4.69) is 95.7 Å². The van der Waals surface area contributed by atoms with Crippen LogP contribution in [0.15, 0.2) is 91.0 Å². The SMILES string of the molecule is [O-][S+](NC(c1ccccc1)(c1ccccc1)c1ccccc1)C12CC3CC(CC(C3)C1)C2. The van der Waals surface area contributed by atoms with Crippen LogP contribution < -0.4 is 4.72 Å². The van der Waals surface area contributed by atoms with E-state index in [0.717, 1.165) is 53.7 Å². The first kappa shape index (κ1) is 20.5. The zero-order chi connectivity index (χ0) is 21.6. The molecule has 0 aliphatic heterocycles. The van der Waals surface area contributed by atoms with Gasteiger partial charge in [-0.2, -0.15) is 0 Å². The summed E-state index contributed by atoms with van der Waals surface area (Å²) in [5.74, 6) is 2.31. The van der Waals surface area contributed by atoms with E-state index in [4.69, 9.17) is 0 Å². The molecule has 0 amide bonds. The second kappa shape index (κ2) is 8.06. The third-order valence-corrected chi connectivity index (χ3v) is 10.0. The van der Waals surface area contributed by atoms with Crippen LogP contribution in [0.1, 0.15) is 55.2 Å². The first-order valence-corrected chi connectivity index (χ1v) is 13.2. The lowest BCUT2D eigenvalue weighted by Gasteiger charge is -2.56. The van der Waals surface area contributed by atoms with Crippen LogP contribution in [-0.4, -0.2) is 9.30 Å². The topological polar surface area (TPSA) is 35.1 Å². The largest absolute Gasteiger partial charge is 0.598 e. The van der Waals surface area contributed by atoms with Gasteiger partial charge in [0.2, 0.25) is 0 Å². The van der Waals surface area contributed by atoms with Gasteiger partial charge in [-0.15, -0.1) is 4.72 Å². The lowest BCUT2D eigenvalue weighted by Crippen LogP contribution is -2.61. The van der Waals surface area contributed by atoms with Gasteiger partial charge in [0.1, 0.15) is 10.3 Å². The summed E-state index contributed by atoms with van der Waals surface area (Å²) in [6, 6.07) is 31.7. The molecule has 32 heavy (non-hydrogen) atoms. The molecule has 4 aliphatic rings. The summed E-state index contributed by atoms with van der Waals surface area (Å²) in [5, 5.41) is 0. The highest BCUT2D eigenvalue weighted by molar-refractivity contribution is 7.91. The zero-order valence-corrected chi connectivity index (χ0v) is 19.3. The highest BCUT2D eigenvalue weighted by atomic mass is 32.2. The molecule has 0 heterocycles. The molecule has 0 saturated heterocycles. The van der Waals surface area contributed by atoms with Crippen molar-refractivity contribution in [1.29, 1.82) is 0 Å². The van der Waals surface area contributed by atoms with Crippen molar-refractivity contribution in [3.8, 4) is 0 Å². The smallest absolute Gasteiger partial charge is 0.146 e. The maximum Gasteiger partial charge on any atom is 0.146 e. The molecule has 2 nitrogen and oxygen atoms in total. The van der Waals surface area contributed by atoms with Gasteiger partial charge in [0.05, 0.1) is 0 Å². The Morgan fingerprint density at radius 1 is 0.625 bits per heavy atom. The molecule has 0 aromatic heterocycles. The van der Waals surface area contributed by atoms with E-state index < -0.39 is 16.9 Å². The van der Waals surface area contributed by atoms with Gasteiger partial charge < -0.3 is 4.55 Å². The molecule has 1 atom stereocenters. The average Bonchev–Trinajstić information content (AvgIpc) is 2.83. The number of nitrogens with one attached hydrogen (secondary N) is 1. The van der Waals surface area contributed by atoms with Crippen LogP contribution in [0.4, 0.5) is 0 Å². The zero-order valence-electron chi connectivity index (χ0n) is 18.5. The lowest BCUT2D eigenvalue weighted by atomic mass is 9.56. The summed E-state index contributed by atoms with van der Waals surface area (Å²) >= 11 is -1.15. The number of hydrogen-bond acceptors (Lipinski definition) is 2. The van der Waals surface area contributed by atoms with Crippen molar-refractivity contribution in [2.45, 2.75) is 48.8 Å². The molecule has 1 unspecified atom stereocenters. The minimum atomic E-state index is -1.15. The van der Waals surface area contributed by atoms with Crippen molar-refractivity contribution >= 4 is 11.4 Å². The van der Waals surface area contributed by atoms with Gasteiger partial charge in [0.15, 0.2) is 0 Å². The third kappa shape index (κ3) is 3.34. The first-order valence-electron chi connectivity index (χ1n) is 12.0. The summed E-state index contributed by atoms with van der Waals surface area (Å²) < 4.78 is 18.2. The van der Waals surface area contributed by atoms with Crippen LogP contribution in [0.2, 0.25) is 0 Å². The molecule has 3 aromatic carbocycles. The summed E-state index contributed by atoms with van der Waals surface area (Å²) in [6.07, 6.45) is 7.43. The van der Waals surface area contributed by atoms with E-state index in [0.29, 0.717) is 0 Å². The second-order valence-corrected chi connectivity index (χ2v) is 11.9. The Labute approximate surface area is 194 Å². The Morgan fingerprint density at radius 2 is 0.969 bits per heavy atom. The Morgan fingerprint density at radius 3 is 1.31 bits per heavy atom. The van der Waals surface area contributed by atoms with Crippen molar-refractivity contribution in [3.05, 3.63) is 108 Å². The standard InChI is InChI=1S/C29H31NOS/c31-32(28-19-22-16-23(20-28)18-24(17-22)21-28)30-29(25-10-4-1-5-11-25,26-12-6-2-7-13-26)27-14-8-3-9-15-27/h1-15,22-24,30H,16-21H2. The molecule has 4 saturated carbocycles. The minimum absolute atomic E-state index is 0.0850. The summed E-state index contributed by atoms with van der Waals surface area (Å²) in [5.41, 5.74) is 2.75. The normalized spacial score (nSPS) is 29.7. The molecule has 4 bridgehead atoms. The van der Waals surface area contributed by atoms with Gasteiger partial charge in [-0.1, -0.05) is 91.0 Å². The van der Waals surface area contributed by atoms with E-state index in [1.54, 1.807) is 0 Å². The van der Waals surface area contributed by atoms with Crippen LogP contribution >= 0.6 is 0 Å². The highest BCUT2D eigenvalue weighted by Crippen LogP contribution is 2.59. The van der Waals surface area contributed by atoms with E-state index >= 15 is 0 Å². The molecule has 3 heteroatoms. The van der Waals surface area contributed by atoms with Crippen LogP contribution in [0.25, 0.3) is 0 Å². The maximum absolute atomic E-state index is 14.4. The second-order valence-electron chi connectivity index (χ2n) is 10.3. The van der Waals surface area contributed by atoms with Gasteiger partial charge >= 0.3 is 0 Å². The molecular formula is C29H31NOS. The van der Waals surface area contributed by atoms with E-state index in [1.807, 2.05) is 0 Å². The molecule has 7 rings (SSSR count). The van der Waals surface area contributed by atoms with Gasteiger partial charge in [0.25, 0.3) is 0 Å². The van der Waals surface area contributed by atoms with Crippen molar-refractivity contribution in [1.82, 2.24) is 4.72 Å². The molecule has 3 aromatic rings. The average molecular weight is 442 g/mol. The van der Waals surface area contributed by atoms with Crippen molar-refractivity contribution in [3.63, 3.8) is 0 Å². The quantitative estimate of drug-likeness (QED) is 0.365. The molecule has 1 N–H and O–H groups in total. The Hall–Kier alpha value is -2.07. The maximum atomic E-state index is 14.4. The molecule has 4 aliphatic carbocycles. The Balaban J connectivity index is 1.49. The monoisotopic (exact) mass is 441 g/mol. The van der Waals surface area contributed by atoms with E-state index in [1.165, 1.54) is 19.3 Å². The van der Waals surface area contributed by atoms with Crippen LogP contribution in [0, 0.1) is 17.8 Å². The lowest BCUT2D eigenvalue weighted by molar-refractivity contribution is 0.0331. The minimum Gasteiger partial charge on any atom is -0.598 e. The van der Waals surface area contributed by atoms with E-state index in [-0.39, 0.29) is 4.75 Å². The van der Waals surface area contributed by atoms with Crippen LogP contribution in [-0.2, 0) is 16.9 Å². The van der Waals surface area contributed by atoms with Crippen molar-refractivity contribution in [2.24, 2.45) is 17.8 Å². The van der Waals surface area contributed by atoms with Crippen LogP contribution in [0.3, 0.4) is 0 Å². The molecule has 164 valence electrons. The first-order chi connectivity index (χ1) is 15.7. The molecular weight excluding hydrogens is 410 g/mol. The number of rotatable bonds is 6. The fourth-order valence-corrected chi connectivity index (χ4v) is 9.26. The van der Waals surface area contributed by atoms with Crippen LogP contribution in [0.5, 0.6) is 0 Å². The van der Waals surface area contributed by atoms with Gasteiger partial charge in [0, 0.05) is 30.6 Å². The predicted molar refractivity (Wildman–Crippen MR) is 131 cm³/mol. The predicted octanol–water partition coefficient (Wildman–Crippen LogP) is 6.20. The van der Waals surface area contributed by atoms with E-state index in [9.17, 15) is 4.55 Å². The number of benzene rings is 3. The fraction of sp³-hybridized carbons (Fsp3) is 0.379. The fourth-order valence-electron chi connectivity index (χ4n) is 7.25. The Bertz CT molecular complexity index is 920. The Kier molecular flexibility index (Phi) is 5.17. The third-order valence-electron chi connectivity index (χ3n) is 8.24. The van der Waals surface area contributed by atoms with Crippen molar-refractivity contribution in [2.75, 3.05) is 0 Å². The molecule has 0 spiro atoms. The van der Waals surface area contributed by atoms with Gasteiger partial charge in [-0.3, -0.25) is 0 Å². The summed E-state index contributed by atoms with van der Waals surface area (Å²) in [4.78, 5) is 0. The summed E-state index contributed by atoms with van der Waals surface area (Å²) in [7, 11) is 0. The highest BCUT2D eigenvalue weighted by Gasteiger charge is 2.59. The molecule has 0 radical (unpaired) electrons. The van der Waals surface area contributed by atoms with Gasteiger partial charge in [-0.05, 0) is 53.7 Å². The summed E-state index contributed by atoms with van der Waals surface area (Å²) in [6.45, 7) is 0. The molecule has 4 fully saturated rings. The van der Waals surface area contributed by atoms with Crippen molar-refractivity contribution < 1.29 is 4.55 Å². The van der Waals surface area contributed by atoms with Gasteiger partial charge in [-0.25, -0.2) is 0 Å². The number of hydrogen-bond donors (Lipinski definition) is 1.